The summed E-state index contributed by atoms with van der Waals surface area (Å²) in [4.78, 5) is 4.21. The molecule has 2 heterocycles. The fraction of sp³-hybridized carbons (Fsp3) is 0.500. The van der Waals surface area contributed by atoms with E-state index in [4.69, 9.17) is 31.0 Å². The minimum absolute atomic E-state index is 0.0816. The number of hydrogen-bond acceptors (Lipinski definition) is 6. The van der Waals surface area contributed by atoms with Gasteiger partial charge in [-0.1, -0.05) is 5.16 Å². The van der Waals surface area contributed by atoms with E-state index in [2.05, 4.69) is 10.1 Å². The quantitative estimate of drug-likeness (QED) is 0.908. The Hall–Kier alpha value is -1.37. The molecule has 2 aromatic rings. The summed E-state index contributed by atoms with van der Waals surface area (Å²) in [6.07, 6.45) is 0.0816. The van der Waals surface area contributed by atoms with Crippen LogP contribution in [0, 0.1) is 0 Å². The molecule has 0 aliphatic carbocycles. The van der Waals surface area contributed by atoms with E-state index in [1.807, 2.05) is 13.8 Å². The van der Waals surface area contributed by atoms with Gasteiger partial charge < -0.3 is 19.4 Å². The van der Waals surface area contributed by atoms with E-state index in [9.17, 15) is 0 Å². The van der Waals surface area contributed by atoms with Gasteiger partial charge in [0.2, 0.25) is 0 Å². The van der Waals surface area contributed by atoms with Gasteiger partial charge in [-0.05, 0) is 44.5 Å². The van der Waals surface area contributed by atoms with Crippen LogP contribution >= 0.6 is 11.6 Å². The van der Waals surface area contributed by atoms with Crippen LogP contribution in [0.25, 0.3) is 11.7 Å². The summed E-state index contributed by atoms with van der Waals surface area (Å²) in [6.45, 7) is 5.94. The molecule has 0 saturated heterocycles. The zero-order valence-corrected chi connectivity index (χ0v) is 11.8. The minimum Gasteiger partial charge on any atom is -0.440 e. The molecule has 0 aliphatic rings. The summed E-state index contributed by atoms with van der Waals surface area (Å²) in [5.74, 6) is 1.00. The summed E-state index contributed by atoms with van der Waals surface area (Å²) >= 11 is 5.69. The summed E-state index contributed by atoms with van der Waals surface area (Å²) in [5.41, 5.74) is 5.29. The molecule has 1 atom stereocenters. The number of nitrogens with two attached hydrogens (primary N) is 1. The molecule has 1 unspecified atom stereocenters. The normalized spacial score (nSPS) is 14.8. The molecule has 6 nitrogen and oxygen atoms in total. The number of halogens is 1. The molecule has 0 fully saturated rings. The maximum Gasteiger partial charge on any atom is 0.293 e. The second-order valence-electron chi connectivity index (χ2n) is 4.80. The van der Waals surface area contributed by atoms with Gasteiger partial charge >= 0.3 is 0 Å². The lowest BCUT2D eigenvalue weighted by molar-refractivity contribution is 0.0410. The van der Waals surface area contributed by atoms with E-state index in [1.165, 1.54) is 0 Å². The van der Waals surface area contributed by atoms with Crippen LogP contribution in [-0.4, -0.2) is 22.9 Å². The van der Waals surface area contributed by atoms with E-state index >= 15 is 0 Å². The SMILES string of the molecule is CC(C)OCC(C)(N)c1noc(-c2ccc(Cl)o2)n1. The molecule has 7 heteroatoms. The van der Waals surface area contributed by atoms with Crippen molar-refractivity contribution in [3.05, 3.63) is 23.2 Å². The highest BCUT2D eigenvalue weighted by molar-refractivity contribution is 6.28. The lowest BCUT2D eigenvalue weighted by Gasteiger charge is -2.21. The Kier molecular flexibility index (Phi) is 3.93. The molecule has 2 rings (SSSR count). The van der Waals surface area contributed by atoms with E-state index in [-0.39, 0.29) is 17.2 Å². The molecule has 2 aromatic heterocycles. The number of furan rings is 1. The summed E-state index contributed by atoms with van der Waals surface area (Å²) < 4.78 is 15.8. The smallest absolute Gasteiger partial charge is 0.293 e. The molecule has 0 aliphatic heterocycles. The Morgan fingerprint density at radius 2 is 2.21 bits per heavy atom. The lowest BCUT2D eigenvalue weighted by atomic mass is 10.1. The zero-order chi connectivity index (χ0) is 14.0. The van der Waals surface area contributed by atoms with Gasteiger partial charge in [-0.2, -0.15) is 4.98 Å². The summed E-state index contributed by atoms with van der Waals surface area (Å²) in [5, 5.41) is 4.12. The molecule has 2 N–H and O–H groups in total. The van der Waals surface area contributed by atoms with Gasteiger partial charge in [0.05, 0.1) is 12.7 Å². The van der Waals surface area contributed by atoms with Crippen LogP contribution in [0.5, 0.6) is 0 Å². The monoisotopic (exact) mass is 285 g/mol. The first-order chi connectivity index (χ1) is 8.88. The average Bonchev–Trinajstić information content (AvgIpc) is 2.94. The van der Waals surface area contributed by atoms with Crippen molar-refractivity contribution in [3.8, 4) is 11.7 Å². The Morgan fingerprint density at radius 1 is 1.47 bits per heavy atom. The second-order valence-corrected chi connectivity index (χ2v) is 5.18. The molecule has 0 saturated carbocycles. The predicted octanol–water partition coefficient (Wildman–Crippen LogP) is 2.58. The van der Waals surface area contributed by atoms with Gasteiger partial charge in [-0.25, -0.2) is 0 Å². The topological polar surface area (TPSA) is 87.3 Å². The van der Waals surface area contributed by atoms with Gasteiger partial charge in [0.15, 0.2) is 16.8 Å². The van der Waals surface area contributed by atoms with Gasteiger partial charge in [-0.15, -0.1) is 0 Å². The Labute approximate surface area is 115 Å². The molecule has 0 amide bonds. The van der Waals surface area contributed by atoms with Crippen molar-refractivity contribution in [2.75, 3.05) is 6.61 Å². The largest absolute Gasteiger partial charge is 0.440 e. The zero-order valence-electron chi connectivity index (χ0n) is 11.0. The number of rotatable bonds is 5. The van der Waals surface area contributed by atoms with Gasteiger partial charge in [0.1, 0.15) is 5.54 Å². The van der Waals surface area contributed by atoms with Crippen molar-refractivity contribution in [2.45, 2.75) is 32.4 Å². The van der Waals surface area contributed by atoms with Crippen molar-refractivity contribution in [1.29, 1.82) is 0 Å². The van der Waals surface area contributed by atoms with Gasteiger partial charge in [0, 0.05) is 0 Å². The fourth-order valence-electron chi connectivity index (χ4n) is 1.39. The van der Waals surface area contributed by atoms with Crippen molar-refractivity contribution in [2.24, 2.45) is 5.73 Å². The van der Waals surface area contributed by atoms with Crippen LogP contribution in [0.2, 0.25) is 5.22 Å². The third kappa shape index (κ3) is 3.34. The first-order valence-electron chi connectivity index (χ1n) is 5.89. The highest BCUT2D eigenvalue weighted by atomic mass is 35.5. The Morgan fingerprint density at radius 3 is 2.79 bits per heavy atom. The first kappa shape index (κ1) is 14.0. The van der Waals surface area contributed by atoms with E-state index in [0.29, 0.717) is 18.2 Å². The van der Waals surface area contributed by atoms with Gasteiger partial charge in [-0.3, -0.25) is 0 Å². The second kappa shape index (κ2) is 5.32. The molecule has 0 radical (unpaired) electrons. The van der Waals surface area contributed by atoms with E-state index in [1.54, 1.807) is 19.1 Å². The summed E-state index contributed by atoms with van der Waals surface area (Å²) in [6, 6.07) is 3.25. The molecule has 19 heavy (non-hydrogen) atoms. The Balaban J connectivity index is 2.16. The van der Waals surface area contributed by atoms with Crippen molar-refractivity contribution >= 4 is 11.6 Å². The predicted molar refractivity (Wildman–Crippen MR) is 69.6 cm³/mol. The van der Waals surface area contributed by atoms with Crippen LogP contribution < -0.4 is 5.73 Å². The third-order valence-electron chi connectivity index (χ3n) is 2.44. The molecule has 0 bridgehead atoms. The maximum absolute atomic E-state index is 6.12. The van der Waals surface area contributed by atoms with Crippen LogP contribution in [0.15, 0.2) is 21.1 Å². The molecular formula is C12H16ClN3O3. The summed E-state index contributed by atoms with van der Waals surface area (Å²) in [7, 11) is 0. The van der Waals surface area contributed by atoms with Crippen LogP contribution in [0.1, 0.15) is 26.6 Å². The van der Waals surface area contributed by atoms with Crippen LogP contribution in [-0.2, 0) is 10.3 Å². The van der Waals surface area contributed by atoms with E-state index < -0.39 is 5.54 Å². The molecule has 104 valence electrons. The lowest BCUT2D eigenvalue weighted by Crippen LogP contribution is -2.40. The minimum atomic E-state index is -0.831. The first-order valence-corrected chi connectivity index (χ1v) is 6.26. The number of aromatic nitrogens is 2. The standard InChI is InChI=1S/C12H16ClN3O3/c1-7(2)17-6-12(3,14)11-15-10(19-16-11)8-4-5-9(13)18-8/h4-5,7H,6,14H2,1-3H3. The average molecular weight is 286 g/mol. The van der Waals surface area contributed by atoms with Gasteiger partial charge in [0.25, 0.3) is 5.89 Å². The number of ether oxygens (including phenoxy) is 1. The van der Waals surface area contributed by atoms with Crippen molar-refractivity contribution < 1.29 is 13.7 Å². The van der Waals surface area contributed by atoms with Crippen molar-refractivity contribution in [3.63, 3.8) is 0 Å². The van der Waals surface area contributed by atoms with Crippen molar-refractivity contribution in [1.82, 2.24) is 10.1 Å². The van der Waals surface area contributed by atoms with Crippen LogP contribution in [0.3, 0.4) is 0 Å². The molecule has 0 spiro atoms. The number of nitrogens with zero attached hydrogens (tertiary/aromatic N) is 2. The molecular weight excluding hydrogens is 270 g/mol. The maximum atomic E-state index is 6.12. The number of hydrogen-bond donors (Lipinski definition) is 1. The third-order valence-corrected chi connectivity index (χ3v) is 2.64. The highest BCUT2D eigenvalue weighted by Gasteiger charge is 2.29. The van der Waals surface area contributed by atoms with E-state index in [0.717, 1.165) is 0 Å². The van der Waals surface area contributed by atoms with Crippen LogP contribution in [0.4, 0.5) is 0 Å². The molecule has 0 aromatic carbocycles. The fourth-order valence-corrected chi connectivity index (χ4v) is 1.54. The Bertz CT molecular complexity index is 548. The highest BCUT2D eigenvalue weighted by Crippen LogP contribution is 2.25.